The molecule has 4 aromatic rings. The second kappa shape index (κ2) is 13.3. The zero-order valence-electron chi connectivity index (χ0n) is 25.7. The van der Waals surface area contributed by atoms with Crippen LogP contribution in [0.15, 0.2) is 106 Å². The fourth-order valence-corrected chi connectivity index (χ4v) is 8.19. The molecule has 47 heavy (non-hydrogen) atoms. The van der Waals surface area contributed by atoms with Crippen molar-refractivity contribution in [2.75, 3.05) is 19.5 Å². The van der Waals surface area contributed by atoms with Crippen LogP contribution in [0, 0.1) is 25.1 Å². The summed E-state index contributed by atoms with van der Waals surface area (Å²) in [6.07, 6.45) is 1.22. The van der Waals surface area contributed by atoms with Crippen molar-refractivity contribution in [2.45, 2.75) is 41.4 Å². The van der Waals surface area contributed by atoms with Crippen molar-refractivity contribution < 1.29 is 38.0 Å². The second-order valence-corrected chi connectivity index (χ2v) is 17.4. The molecular weight excluding hydrogens is 687 g/mol. The highest BCUT2D eigenvalue weighted by molar-refractivity contribution is 7.90. The molecule has 0 amide bonds. The van der Waals surface area contributed by atoms with E-state index in [1.807, 2.05) is 13.8 Å². The molecule has 0 atom stereocenters. The van der Waals surface area contributed by atoms with Crippen molar-refractivity contribution in [3.63, 3.8) is 0 Å². The Labute approximate surface area is 280 Å². The van der Waals surface area contributed by atoms with Crippen molar-refractivity contribution in [1.29, 1.82) is 0 Å². The lowest BCUT2D eigenvalue weighted by molar-refractivity contribution is 0.0982. The molecule has 0 aromatic heterocycles. The molecule has 1 aliphatic carbocycles. The van der Waals surface area contributed by atoms with E-state index in [-0.39, 0.29) is 32.6 Å². The van der Waals surface area contributed by atoms with Crippen LogP contribution in [0.4, 0.5) is 4.39 Å². The maximum Gasteiger partial charge on any atom is 0.296 e. The predicted octanol–water partition coefficient (Wildman–Crippen LogP) is 7.00. The second-order valence-electron chi connectivity index (χ2n) is 11.8. The number of rotatable bonds is 11. The van der Waals surface area contributed by atoms with Crippen LogP contribution in [-0.4, -0.2) is 44.7 Å². The molecule has 248 valence electrons. The van der Waals surface area contributed by atoms with E-state index in [2.05, 4.69) is 0 Å². The van der Waals surface area contributed by atoms with E-state index in [4.69, 9.17) is 20.0 Å². The van der Waals surface area contributed by atoms with Crippen LogP contribution in [0.3, 0.4) is 0 Å². The molecule has 5 rings (SSSR count). The minimum Gasteiger partial charge on any atom is -0.266 e. The maximum atomic E-state index is 14.2. The first-order valence-corrected chi connectivity index (χ1v) is 19.5. The molecule has 0 radical (unpaired) electrons. The minimum atomic E-state index is -4.27. The van der Waals surface area contributed by atoms with Crippen LogP contribution in [0.5, 0.6) is 0 Å². The van der Waals surface area contributed by atoms with E-state index in [0.29, 0.717) is 22.3 Å². The van der Waals surface area contributed by atoms with Gasteiger partial charge in [0.15, 0.2) is 9.84 Å². The molecule has 0 saturated heterocycles. The van der Waals surface area contributed by atoms with E-state index in [1.165, 1.54) is 54.6 Å². The van der Waals surface area contributed by atoms with Crippen molar-refractivity contribution in [2.24, 2.45) is 5.41 Å². The SMILES string of the molecule is Cc1ccc(S(=O)(=O)OCC2(COS(=O)(=O)c3ccc(C)cc3)CC(c3ccc(S(C)(=O)=O)cc3)=C(c3ccc(F)c(Cl)c3)C2)cc1. The molecule has 0 heterocycles. The molecule has 13 heteroatoms. The molecular formula is C34H32ClFO8S3. The quantitative estimate of drug-likeness (QED) is 0.152. The maximum absolute atomic E-state index is 14.2. The lowest BCUT2D eigenvalue weighted by Crippen LogP contribution is -2.33. The third-order valence-corrected chi connectivity index (χ3v) is 12.0. The van der Waals surface area contributed by atoms with Gasteiger partial charge in [-0.2, -0.15) is 16.8 Å². The summed E-state index contributed by atoms with van der Waals surface area (Å²) in [6.45, 7) is 2.71. The Morgan fingerprint density at radius 3 is 1.47 bits per heavy atom. The normalized spacial score (nSPS) is 15.3. The zero-order chi connectivity index (χ0) is 34.2. The third kappa shape index (κ3) is 8.02. The number of benzene rings is 4. The molecule has 0 N–H and O–H groups in total. The van der Waals surface area contributed by atoms with Crippen molar-refractivity contribution in [1.82, 2.24) is 0 Å². The summed E-state index contributed by atoms with van der Waals surface area (Å²) in [5.74, 6) is -0.639. The van der Waals surface area contributed by atoms with Gasteiger partial charge in [-0.1, -0.05) is 65.2 Å². The summed E-state index contributed by atoms with van der Waals surface area (Å²) in [5.41, 5.74) is 2.82. The van der Waals surface area contributed by atoms with E-state index in [9.17, 15) is 29.6 Å². The molecule has 0 bridgehead atoms. The van der Waals surface area contributed by atoms with Gasteiger partial charge >= 0.3 is 0 Å². The largest absolute Gasteiger partial charge is 0.296 e. The predicted molar refractivity (Wildman–Crippen MR) is 178 cm³/mol. The van der Waals surface area contributed by atoms with Gasteiger partial charge in [0.05, 0.1) is 32.9 Å². The number of aryl methyl sites for hydroxylation is 2. The van der Waals surface area contributed by atoms with Gasteiger partial charge in [-0.15, -0.1) is 0 Å². The summed E-state index contributed by atoms with van der Waals surface area (Å²) >= 11 is 6.16. The van der Waals surface area contributed by atoms with Crippen molar-refractivity contribution in [3.8, 4) is 0 Å². The van der Waals surface area contributed by atoms with Crippen LogP contribution in [-0.2, 0) is 38.4 Å². The van der Waals surface area contributed by atoms with Crippen LogP contribution in [0.1, 0.15) is 35.1 Å². The van der Waals surface area contributed by atoms with Gasteiger partial charge in [0.2, 0.25) is 0 Å². The molecule has 4 aromatic carbocycles. The summed E-state index contributed by atoms with van der Waals surface area (Å²) in [7, 11) is -12.0. The lowest BCUT2D eigenvalue weighted by Gasteiger charge is -2.29. The summed E-state index contributed by atoms with van der Waals surface area (Å²) in [5, 5.41) is -0.143. The Kier molecular flexibility index (Phi) is 9.85. The van der Waals surface area contributed by atoms with Gasteiger partial charge in [0.1, 0.15) is 5.82 Å². The van der Waals surface area contributed by atoms with Crippen LogP contribution in [0.2, 0.25) is 5.02 Å². The Hall–Kier alpha value is -3.39. The molecule has 0 unspecified atom stereocenters. The highest BCUT2D eigenvalue weighted by atomic mass is 35.5. The van der Waals surface area contributed by atoms with Crippen LogP contribution in [0.25, 0.3) is 11.1 Å². The number of sulfone groups is 1. The Bertz CT molecular complexity index is 2080. The molecule has 1 aliphatic rings. The first-order chi connectivity index (χ1) is 22.0. The van der Waals surface area contributed by atoms with Gasteiger partial charge in [0, 0.05) is 11.7 Å². The number of allylic oxidation sites excluding steroid dienone is 2. The topological polar surface area (TPSA) is 121 Å². The lowest BCUT2D eigenvalue weighted by atomic mass is 9.84. The summed E-state index contributed by atoms with van der Waals surface area (Å²) < 4.78 is 103. The molecule has 0 spiro atoms. The summed E-state index contributed by atoms with van der Waals surface area (Å²) in [6, 6.07) is 22.5. The molecule has 0 fully saturated rings. The average molecular weight is 719 g/mol. The fraction of sp³-hybridized carbons (Fsp3) is 0.235. The average Bonchev–Trinajstić information content (AvgIpc) is 3.41. The van der Waals surface area contributed by atoms with Gasteiger partial charge in [-0.25, -0.2) is 12.8 Å². The molecule has 8 nitrogen and oxygen atoms in total. The van der Waals surface area contributed by atoms with Crippen LogP contribution >= 0.6 is 11.6 Å². The minimum absolute atomic E-state index is 0.0605. The number of halogens is 2. The van der Waals surface area contributed by atoms with Crippen LogP contribution < -0.4 is 0 Å². The van der Waals surface area contributed by atoms with E-state index >= 15 is 0 Å². The first kappa shape index (κ1) is 34.9. The van der Waals surface area contributed by atoms with Gasteiger partial charge in [-0.05, 0) is 97.5 Å². The number of hydrogen-bond acceptors (Lipinski definition) is 8. The highest BCUT2D eigenvalue weighted by Crippen LogP contribution is 2.51. The fourth-order valence-electron chi connectivity index (χ4n) is 5.36. The Morgan fingerprint density at radius 1 is 0.638 bits per heavy atom. The van der Waals surface area contributed by atoms with E-state index < -0.39 is 54.5 Å². The van der Waals surface area contributed by atoms with Crippen molar-refractivity contribution >= 4 is 52.8 Å². The van der Waals surface area contributed by atoms with Gasteiger partial charge in [-0.3, -0.25) is 8.37 Å². The molecule has 0 saturated carbocycles. The standard InChI is InChI=1S/C34H32ClFO8S3/c1-23-4-11-28(12-5-23)46(39,40)43-21-34(22-44-47(41,42)29-13-6-24(2)7-14-29)19-30(25-8-15-27(16-9-25)45(3,37)38)31(20-34)26-10-17-33(36)32(35)18-26/h4-18H,19-22H2,1-3H3. The monoisotopic (exact) mass is 718 g/mol. The third-order valence-electron chi connectivity index (χ3n) is 8.03. The highest BCUT2D eigenvalue weighted by Gasteiger charge is 2.43. The van der Waals surface area contributed by atoms with Gasteiger partial charge < -0.3 is 0 Å². The Balaban J connectivity index is 1.57. The Morgan fingerprint density at radius 2 is 1.04 bits per heavy atom. The van der Waals surface area contributed by atoms with E-state index in [0.717, 1.165) is 17.4 Å². The smallest absolute Gasteiger partial charge is 0.266 e. The van der Waals surface area contributed by atoms with E-state index in [1.54, 1.807) is 36.4 Å². The number of hydrogen-bond donors (Lipinski definition) is 0. The first-order valence-electron chi connectivity index (χ1n) is 14.4. The molecule has 0 aliphatic heterocycles. The summed E-state index contributed by atoms with van der Waals surface area (Å²) in [4.78, 5) is -0.0448. The van der Waals surface area contributed by atoms with Crippen molar-refractivity contribution in [3.05, 3.63) is 124 Å². The van der Waals surface area contributed by atoms with Gasteiger partial charge in [0.25, 0.3) is 20.2 Å². The zero-order valence-corrected chi connectivity index (χ0v) is 28.9.